The third kappa shape index (κ3) is 3.61. The maximum atomic E-state index is 12.2. The van der Waals surface area contributed by atoms with Crippen molar-refractivity contribution in [3.63, 3.8) is 0 Å². The molecule has 1 unspecified atom stereocenters. The number of alkyl carbamates (subject to hydrolysis) is 1. The normalized spacial score (nSPS) is 20.5. The van der Waals surface area contributed by atoms with Crippen LogP contribution in [-0.2, 0) is 17.6 Å². The van der Waals surface area contributed by atoms with Gasteiger partial charge in [-0.3, -0.25) is 4.90 Å². The first-order valence-electron chi connectivity index (χ1n) is 10.6. The molecule has 0 radical (unpaired) electrons. The maximum Gasteiger partial charge on any atom is 0.407 e. The summed E-state index contributed by atoms with van der Waals surface area (Å²) in [4.78, 5) is 17.9. The molecule has 2 aliphatic rings. The molecule has 0 spiro atoms. The van der Waals surface area contributed by atoms with E-state index >= 15 is 0 Å². The Labute approximate surface area is 176 Å². The molecule has 1 amide bonds. The summed E-state index contributed by atoms with van der Waals surface area (Å²) in [5.41, 5.74) is 6.46. The van der Waals surface area contributed by atoms with E-state index in [1.165, 1.54) is 33.2 Å². The highest BCUT2D eigenvalue weighted by molar-refractivity contribution is 5.98. The topological polar surface area (TPSA) is 57.4 Å². The summed E-state index contributed by atoms with van der Waals surface area (Å²) >= 11 is 0. The van der Waals surface area contributed by atoms with Crippen molar-refractivity contribution in [3.05, 3.63) is 77.5 Å². The van der Waals surface area contributed by atoms with Crippen LogP contribution in [0.4, 0.5) is 4.79 Å². The number of H-pyrrole nitrogens is 1. The summed E-state index contributed by atoms with van der Waals surface area (Å²) in [6.07, 6.45) is 5.96. The number of fused-ring (bicyclic) bond motifs is 2. The van der Waals surface area contributed by atoms with E-state index in [-0.39, 0.29) is 12.0 Å². The van der Waals surface area contributed by atoms with Crippen molar-refractivity contribution < 1.29 is 9.53 Å². The Morgan fingerprint density at radius 3 is 2.93 bits per heavy atom. The fourth-order valence-electron chi connectivity index (χ4n) is 4.84. The Morgan fingerprint density at radius 2 is 2.07 bits per heavy atom. The van der Waals surface area contributed by atoms with Crippen molar-refractivity contribution in [2.45, 2.75) is 18.9 Å². The number of nitrogens with one attached hydrogen (secondary N) is 2. The fourth-order valence-corrected chi connectivity index (χ4v) is 4.84. The van der Waals surface area contributed by atoms with Gasteiger partial charge in [0.2, 0.25) is 0 Å². The number of carbonyl (C=O) groups excluding carboxylic acids is 1. The minimum atomic E-state index is -0.340. The van der Waals surface area contributed by atoms with Crippen LogP contribution in [0.2, 0.25) is 0 Å². The summed E-state index contributed by atoms with van der Waals surface area (Å²) in [6, 6.07) is 17.0. The number of likely N-dealkylation sites (N-methyl/N-ethyl adjacent to an activating group) is 1. The average molecular weight is 402 g/mol. The fraction of sp³-hybridized carbons (Fsp3) is 0.320. The molecule has 2 heterocycles. The monoisotopic (exact) mass is 401 g/mol. The Balaban J connectivity index is 1.23. The minimum absolute atomic E-state index is 0.192. The highest BCUT2D eigenvalue weighted by Gasteiger charge is 2.33. The predicted molar refractivity (Wildman–Crippen MR) is 119 cm³/mol. The Kier molecular flexibility index (Phi) is 5.05. The molecular weight excluding hydrogens is 374 g/mol. The van der Waals surface area contributed by atoms with Gasteiger partial charge in [0.05, 0.1) is 0 Å². The van der Waals surface area contributed by atoms with Crippen molar-refractivity contribution in [1.29, 1.82) is 0 Å². The van der Waals surface area contributed by atoms with Crippen LogP contribution in [0.25, 0.3) is 16.5 Å². The van der Waals surface area contributed by atoms with Crippen molar-refractivity contribution in [2.24, 2.45) is 5.92 Å². The second-order valence-electron chi connectivity index (χ2n) is 8.34. The van der Waals surface area contributed by atoms with Crippen molar-refractivity contribution in [2.75, 3.05) is 26.7 Å². The largest absolute Gasteiger partial charge is 0.449 e. The second kappa shape index (κ2) is 8.00. The van der Waals surface area contributed by atoms with Crippen molar-refractivity contribution >= 4 is 22.6 Å². The number of carbonyl (C=O) groups is 1. The number of amides is 1. The van der Waals surface area contributed by atoms with Crippen LogP contribution in [0.15, 0.2) is 60.8 Å². The number of ether oxygens (including phenoxy) is 1. The molecule has 1 aliphatic carbocycles. The third-order valence-corrected chi connectivity index (χ3v) is 6.29. The van der Waals surface area contributed by atoms with Crippen LogP contribution in [0.5, 0.6) is 0 Å². The molecule has 30 heavy (non-hydrogen) atoms. The van der Waals surface area contributed by atoms with Gasteiger partial charge in [-0.1, -0.05) is 48.5 Å². The van der Waals surface area contributed by atoms with E-state index in [0.717, 1.165) is 19.4 Å². The van der Waals surface area contributed by atoms with E-state index in [1.807, 2.05) is 18.2 Å². The van der Waals surface area contributed by atoms with Crippen LogP contribution in [0, 0.1) is 5.92 Å². The van der Waals surface area contributed by atoms with Crippen LogP contribution in [0.3, 0.4) is 0 Å². The Hall–Kier alpha value is -3.05. The zero-order chi connectivity index (χ0) is 20.5. The maximum absolute atomic E-state index is 12.2. The molecular formula is C25H27N3O2. The van der Waals surface area contributed by atoms with Crippen molar-refractivity contribution in [1.82, 2.24) is 15.2 Å². The highest BCUT2D eigenvalue weighted by Crippen LogP contribution is 2.40. The van der Waals surface area contributed by atoms with Gasteiger partial charge in [-0.2, -0.15) is 0 Å². The van der Waals surface area contributed by atoms with E-state index in [0.29, 0.717) is 19.2 Å². The number of hydrogen-bond acceptors (Lipinski definition) is 3. The molecule has 3 aromatic rings. The summed E-state index contributed by atoms with van der Waals surface area (Å²) in [7, 11) is 2.17. The van der Waals surface area contributed by atoms with Gasteiger partial charge >= 0.3 is 6.09 Å². The quantitative estimate of drug-likeness (QED) is 0.679. The summed E-state index contributed by atoms with van der Waals surface area (Å²) in [6.45, 7) is 1.86. The van der Waals surface area contributed by atoms with Gasteiger partial charge in [0, 0.05) is 42.1 Å². The molecule has 154 valence electrons. The number of rotatable bonds is 5. The predicted octanol–water partition coefficient (Wildman–Crippen LogP) is 4.01. The summed E-state index contributed by atoms with van der Waals surface area (Å²) in [5, 5.41) is 4.21. The Bertz CT molecular complexity index is 1090. The minimum Gasteiger partial charge on any atom is -0.449 e. The van der Waals surface area contributed by atoms with Gasteiger partial charge in [-0.25, -0.2) is 4.79 Å². The SMILES string of the molecule is CN1CC(COC(=O)NCCc2ccccc2)C=C2c3cccc4[nH]cc(c34)C[C@@H]21. The molecule has 0 fully saturated rings. The van der Waals surface area contributed by atoms with Crippen LogP contribution in [0.1, 0.15) is 16.7 Å². The molecule has 5 heteroatoms. The van der Waals surface area contributed by atoms with Crippen LogP contribution < -0.4 is 5.32 Å². The zero-order valence-corrected chi connectivity index (χ0v) is 17.2. The number of aromatic nitrogens is 1. The smallest absolute Gasteiger partial charge is 0.407 e. The van der Waals surface area contributed by atoms with Gasteiger partial charge < -0.3 is 15.0 Å². The summed E-state index contributed by atoms with van der Waals surface area (Å²) < 4.78 is 5.55. The highest BCUT2D eigenvalue weighted by atomic mass is 16.5. The van der Waals surface area contributed by atoms with Gasteiger partial charge in [-0.15, -0.1) is 0 Å². The van der Waals surface area contributed by atoms with Crippen molar-refractivity contribution in [3.8, 4) is 0 Å². The van der Waals surface area contributed by atoms with E-state index in [2.05, 4.69) is 64.9 Å². The molecule has 2 aromatic carbocycles. The number of hydrogen-bond donors (Lipinski definition) is 2. The standard InChI is InChI=1S/C25H27N3O2/c1-28-15-18(16-30-25(29)26-11-10-17-6-3-2-4-7-17)12-21-20-8-5-9-22-24(20)19(14-27-22)13-23(21)28/h2-9,12,14,18,23,27H,10-11,13,15-16H2,1H3,(H,26,29)/t18?,23-/m0/s1. The molecule has 2 N–H and O–H groups in total. The first kappa shape index (κ1) is 18.9. The lowest BCUT2D eigenvalue weighted by Crippen LogP contribution is -2.43. The first-order valence-corrected chi connectivity index (χ1v) is 10.6. The van der Waals surface area contributed by atoms with Gasteiger partial charge in [0.15, 0.2) is 0 Å². The van der Waals surface area contributed by atoms with Gasteiger partial charge in [0.25, 0.3) is 0 Å². The molecule has 1 aliphatic heterocycles. The lowest BCUT2D eigenvalue weighted by Gasteiger charge is -2.39. The molecule has 2 atom stereocenters. The summed E-state index contributed by atoms with van der Waals surface area (Å²) in [5.74, 6) is 0.192. The molecule has 5 nitrogen and oxygen atoms in total. The number of nitrogens with zero attached hydrogens (tertiary/aromatic N) is 1. The number of benzene rings is 2. The molecule has 0 bridgehead atoms. The van der Waals surface area contributed by atoms with E-state index in [1.54, 1.807) is 0 Å². The van der Waals surface area contributed by atoms with Gasteiger partial charge in [-0.05, 0) is 48.2 Å². The van der Waals surface area contributed by atoms with E-state index < -0.39 is 0 Å². The van der Waals surface area contributed by atoms with E-state index in [9.17, 15) is 4.79 Å². The lowest BCUT2D eigenvalue weighted by molar-refractivity contribution is 0.120. The van der Waals surface area contributed by atoms with Crippen LogP contribution in [-0.4, -0.2) is 48.8 Å². The van der Waals surface area contributed by atoms with Gasteiger partial charge in [0.1, 0.15) is 6.61 Å². The number of aromatic amines is 1. The average Bonchev–Trinajstić information content (AvgIpc) is 3.18. The molecule has 0 saturated carbocycles. The zero-order valence-electron chi connectivity index (χ0n) is 17.2. The van der Waals surface area contributed by atoms with Crippen LogP contribution >= 0.6 is 0 Å². The van der Waals surface area contributed by atoms with E-state index in [4.69, 9.17) is 4.74 Å². The Morgan fingerprint density at radius 1 is 1.20 bits per heavy atom. The molecule has 1 aromatic heterocycles. The lowest BCUT2D eigenvalue weighted by atomic mass is 9.80. The second-order valence-corrected chi connectivity index (χ2v) is 8.34. The third-order valence-electron chi connectivity index (χ3n) is 6.29. The molecule has 0 saturated heterocycles. The first-order chi connectivity index (χ1) is 14.7. The molecule has 5 rings (SSSR count).